The zero-order chi connectivity index (χ0) is 9.68. The van der Waals surface area contributed by atoms with Crippen LogP contribution in [-0.2, 0) is 4.74 Å². The van der Waals surface area contributed by atoms with Crippen molar-refractivity contribution in [1.29, 1.82) is 0 Å². The third-order valence-corrected chi connectivity index (χ3v) is 1.53. The van der Waals surface area contributed by atoms with Crippen LogP contribution >= 0.6 is 0 Å². The van der Waals surface area contributed by atoms with Gasteiger partial charge in [-0.1, -0.05) is 12.1 Å². The van der Waals surface area contributed by atoms with Gasteiger partial charge in [0.25, 0.3) is 0 Å². The van der Waals surface area contributed by atoms with Crippen LogP contribution in [0.3, 0.4) is 0 Å². The van der Waals surface area contributed by atoms with Crippen molar-refractivity contribution in [3.8, 4) is 0 Å². The van der Waals surface area contributed by atoms with E-state index in [-0.39, 0.29) is 0 Å². The summed E-state index contributed by atoms with van der Waals surface area (Å²) < 4.78 is 4.77. The number of ether oxygens (including phenoxy) is 1. The quantitative estimate of drug-likeness (QED) is 0.522. The fourth-order valence-corrected chi connectivity index (χ4v) is 0.953. The summed E-state index contributed by atoms with van der Waals surface area (Å²) >= 11 is 0. The van der Waals surface area contributed by atoms with Crippen molar-refractivity contribution in [3.05, 3.63) is 35.4 Å². The predicted octanol–water partition coefficient (Wildman–Crippen LogP) is 1.68. The first-order valence-electron chi connectivity index (χ1n) is 4.00. The number of rotatable bonds is 3. The minimum atomic E-state index is -0.397. The lowest BCUT2D eigenvalue weighted by Gasteiger charge is -2.00. The number of aldehydes is 1. The first-order valence-corrected chi connectivity index (χ1v) is 4.00. The van der Waals surface area contributed by atoms with Crippen molar-refractivity contribution >= 4 is 12.3 Å². The molecule has 0 aliphatic heterocycles. The molecule has 13 heavy (non-hydrogen) atoms. The van der Waals surface area contributed by atoms with Crippen LogP contribution in [0, 0.1) is 0 Å². The standard InChI is InChI=1S/C10H10O3/c1-2-13-10(12)9-5-3-4-8(6-9)7-11/h3-7H,2H2,1H3. The molecule has 0 saturated carbocycles. The fraction of sp³-hybridized carbons (Fsp3) is 0.200. The normalized spacial score (nSPS) is 9.31. The molecule has 0 fully saturated rings. The van der Waals surface area contributed by atoms with Crippen LogP contribution in [0.15, 0.2) is 24.3 Å². The number of hydrogen-bond acceptors (Lipinski definition) is 3. The van der Waals surface area contributed by atoms with E-state index >= 15 is 0 Å². The van der Waals surface area contributed by atoms with Crippen molar-refractivity contribution in [3.63, 3.8) is 0 Å². The van der Waals surface area contributed by atoms with Crippen LogP contribution in [0.2, 0.25) is 0 Å². The summed E-state index contributed by atoms with van der Waals surface area (Å²) in [4.78, 5) is 21.6. The van der Waals surface area contributed by atoms with Gasteiger partial charge in [-0.2, -0.15) is 0 Å². The highest BCUT2D eigenvalue weighted by Gasteiger charge is 2.05. The highest BCUT2D eigenvalue weighted by molar-refractivity contribution is 5.91. The van der Waals surface area contributed by atoms with Gasteiger partial charge in [0.05, 0.1) is 12.2 Å². The van der Waals surface area contributed by atoms with E-state index in [4.69, 9.17) is 4.74 Å². The average molecular weight is 178 g/mol. The molecule has 0 heterocycles. The van der Waals surface area contributed by atoms with Crippen LogP contribution in [-0.4, -0.2) is 18.9 Å². The summed E-state index contributed by atoms with van der Waals surface area (Å²) in [6.45, 7) is 2.08. The number of hydrogen-bond donors (Lipinski definition) is 0. The van der Waals surface area contributed by atoms with Gasteiger partial charge in [0, 0.05) is 5.56 Å². The summed E-state index contributed by atoms with van der Waals surface area (Å²) in [6, 6.07) is 6.40. The van der Waals surface area contributed by atoms with Gasteiger partial charge in [0.1, 0.15) is 6.29 Å². The monoisotopic (exact) mass is 178 g/mol. The van der Waals surface area contributed by atoms with Gasteiger partial charge in [-0.15, -0.1) is 0 Å². The molecule has 0 amide bonds. The Morgan fingerprint density at radius 1 is 1.54 bits per heavy atom. The van der Waals surface area contributed by atoms with Gasteiger partial charge in [-0.05, 0) is 19.1 Å². The molecule has 0 aromatic heterocycles. The average Bonchev–Trinajstić information content (AvgIpc) is 2.18. The molecule has 68 valence electrons. The first kappa shape index (κ1) is 9.45. The van der Waals surface area contributed by atoms with Crippen LogP contribution < -0.4 is 0 Å². The molecule has 0 aliphatic rings. The smallest absolute Gasteiger partial charge is 0.338 e. The van der Waals surface area contributed by atoms with Crippen LogP contribution in [0.25, 0.3) is 0 Å². The maximum absolute atomic E-state index is 11.2. The zero-order valence-corrected chi connectivity index (χ0v) is 7.32. The Bertz CT molecular complexity index is 318. The Labute approximate surface area is 76.3 Å². The summed E-state index contributed by atoms with van der Waals surface area (Å²) in [5.74, 6) is -0.397. The molecule has 1 rings (SSSR count). The number of carbonyl (C=O) groups excluding carboxylic acids is 2. The van der Waals surface area contributed by atoms with Gasteiger partial charge in [-0.3, -0.25) is 4.79 Å². The lowest BCUT2D eigenvalue weighted by atomic mass is 10.1. The first-order chi connectivity index (χ1) is 6.27. The summed E-state index contributed by atoms with van der Waals surface area (Å²) in [5, 5.41) is 0. The predicted molar refractivity (Wildman–Crippen MR) is 47.8 cm³/mol. The highest BCUT2D eigenvalue weighted by atomic mass is 16.5. The molecule has 0 aliphatic carbocycles. The molecule has 0 bridgehead atoms. The Morgan fingerprint density at radius 2 is 2.31 bits per heavy atom. The SMILES string of the molecule is CCOC(=O)c1cccc(C=O)c1. The van der Waals surface area contributed by atoms with Gasteiger partial charge in [0.2, 0.25) is 0 Å². The number of benzene rings is 1. The van der Waals surface area contributed by atoms with E-state index in [0.29, 0.717) is 24.0 Å². The summed E-state index contributed by atoms with van der Waals surface area (Å²) in [6.07, 6.45) is 0.697. The van der Waals surface area contributed by atoms with Crippen molar-refractivity contribution in [2.45, 2.75) is 6.92 Å². The van der Waals surface area contributed by atoms with Crippen molar-refractivity contribution in [2.24, 2.45) is 0 Å². The van der Waals surface area contributed by atoms with Crippen LogP contribution in [0.4, 0.5) is 0 Å². The van der Waals surface area contributed by atoms with Crippen LogP contribution in [0.5, 0.6) is 0 Å². The zero-order valence-electron chi connectivity index (χ0n) is 7.32. The molecule has 3 nitrogen and oxygen atoms in total. The molecular weight excluding hydrogens is 168 g/mol. The molecule has 0 radical (unpaired) electrons. The van der Waals surface area contributed by atoms with Gasteiger partial charge in [0.15, 0.2) is 0 Å². The topological polar surface area (TPSA) is 43.4 Å². The molecule has 0 atom stereocenters. The highest BCUT2D eigenvalue weighted by Crippen LogP contribution is 2.04. The molecular formula is C10H10O3. The molecule has 3 heteroatoms. The van der Waals surface area contributed by atoms with Gasteiger partial charge < -0.3 is 4.74 Å². The van der Waals surface area contributed by atoms with Crippen molar-refractivity contribution in [1.82, 2.24) is 0 Å². The minimum Gasteiger partial charge on any atom is -0.462 e. The molecule has 0 N–H and O–H groups in total. The molecule has 1 aromatic rings. The van der Waals surface area contributed by atoms with E-state index in [0.717, 1.165) is 0 Å². The van der Waals surface area contributed by atoms with E-state index in [9.17, 15) is 9.59 Å². The molecule has 0 unspecified atom stereocenters. The van der Waals surface area contributed by atoms with E-state index in [2.05, 4.69) is 0 Å². The van der Waals surface area contributed by atoms with E-state index in [1.165, 1.54) is 6.07 Å². The van der Waals surface area contributed by atoms with E-state index in [1.807, 2.05) is 0 Å². The molecule has 0 saturated heterocycles. The second-order valence-electron chi connectivity index (χ2n) is 2.46. The van der Waals surface area contributed by atoms with Crippen molar-refractivity contribution in [2.75, 3.05) is 6.61 Å². The summed E-state index contributed by atoms with van der Waals surface area (Å²) in [5.41, 5.74) is 0.886. The largest absolute Gasteiger partial charge is 0.462 e. The second-order valence-corrected chi connectivity index (χ2v) is 2.46. The Kier molecular flexibility index (Phi) is 3.20. The lowest BCUT2D eigenvalue weighted by molar-refractivity contribution is 0.0526. The third kappa shape index (κ3) is 2.40. The Morgan fingerprint density at radius 3 is 2.92 bits per heavy atom. The maximum Gasteiger partial charge on any atom is 0.338 e. The van der Waals surface area contributed by atoms with E-state index in [1.54, 1.807) is 25.1 Å². The molecule has 0 spiro atoms. The number of carbonyl (C=O) groups is 2. The fourth-order valence-electron chi connectivity index (χ4n) is 0.953. The van der Waals surface area contributed by atoms with Gasteiger partial charge >= 0.3 is 5.97 Å². The van der Waals surface area contributed by atoms with Crippen molar-refractivity contribution < 1.29 is 14.3 Å². The summed E-state index contributed by atoms with van der Waals surface area (Å²) in [7, 11) is 0. The minimum absolute atomic E-state index is 0.337. The van der Waals surface area contributed by atoms with Crippen LogP contribution in [0.1, 0.15) is 27.6 Å². The molecule has 1 aromatic carbocycles. The van der Waals surface area contributed by atoms with Gasteiger partial charge in [-0.25, -0.2) is 4.79 Å². The Hall–Kier alpha value is -1.64. The lowest BCUT2D eigenvalue weighted by Crippen LogP contribution is -2.04. The number of esters is 1. The Balaban J connectivity index is 2.88. The maximum atomic E-state index is 11.2. The third-order valence-electron chi connectivity index (χ3n) is 1.53. The van der Waals surface area contributed by atoms with E-state index < -0.39 is 5.97 Å². The second kappa shape index (κ2) is 4.40.